The lowest BCUT2D eigenvalue weighted by Gasteiger charge is -2.22. The van der Waals surface area contributed by atoms with E-state index in [-0.39, 0.29) is 11.8 Å². The van der Waals surface area contributed by atoms with Crippen molar-refractivity contribution in [2.75, 3.05) is 43.5 Å². The summed E-state index contributed by atoms with van der Waals surface area (Å²) >= 11 is 0. The van der Waals surface area contributed by atoms with Gasteiger partial charge in [0.25, 0.3) is 0 Å². The molecule has 0 radical (unpaired) electrons. The molecule has 2 aromatic heterocycles. The average molecular weight is 383 g/mol. The van der Waals surface area contributed by atoms with Crippen LogP contribution in [0.25, 0.3) is 11.3 Å². The summed E-state index contributed by atoms with van der Waals surface area (Å²) in [7, 11) is 0. The minimum atomic E-state index is -0.0127. The van der Waals surface area contributed by atoms with E-state index in [1.807, 2.05) is 6.07 Å². The van der Waals surface area contributed by atoms with Gasteiger partial charge in [0, 0.05) is 37.9 Å². The molecule has 28 heavy (non-hydrogen) atoms. The molecule has 4 rings (SSSR count). The van der Waals surface area contributed by atoms with E-state index in [9.17, 15) is 4.79 Å². The minimum Gasteiger partial charge on any atom is -0.381 e. The van der Waals surface area contributed by atoms with Gasteiger partial charge in [-0.15, -0.1) is 5.10 Å². The molecule has 148 valence electrons. The normalized spacial score (nSPS) is 20.1. The molecule has 0 aromatic carbocycles. The second-order valence-electron chi connectivity index (χ2n) is 7.23. The highest BCUT2D eigenvalue weighted by Gasteiger charge is 2.22. The molecule has 2 fully saturated rings. The van der Waals surface area contributed by atoms with Gasteiger partial charge in [0.2, 0.25) is 5.91 Å². The van der Waals surface area contributed by atoms with Gasteiger partial charge in [0.15, 0.2) is 0 Å². The van der Waals surface area contributed by atoms with Gasteiger partial charge in [-0.3, -0.25) is 4.79 Å². The van der Waals surface area contributed by atoms with Gasteiger partial charge in [-0.05, 0) is 37.8 Å². The first-order valence-corrected chi connectivity index (χ1v) is 9.76. The van der Waals surface area contributed by atoms with Crippen molar-refractivity contribution < 1.29 is 9.53 Å². The highest BCUT2D eigenvalue weighted by Crippen LogP contribution is 2.21. The average Bonchev–Trinajstić information content (AvgIpc) is 3.29. The first kappa shape index (κ1) is 18.7. The highest BCUT2D eigenvalue weighted by atomic mass is 16.5. The summed E-state index contributed by atoms with van der Waals surface area (Å²) in [6.45, 7) is 4.08. The maximum absolute atomic E-state index is 12.3. The molecule has 9 heteroatoms. The van der Waals surface area contributed by atoms with E-state index in [2.05, 4.69) is 36.1 Å². The molecule has 2 saturated heterocycles. The zero-order chi connectivity index (χ0) is 19.2. The van der Waals surface area contributed by atoms with E-state index < -0.39 is 0 Å². The Morgan fingerprint density at radius 2 is 2.07 bits per heavy atom. The summed E-state index contributed by atoms with van der Waals surface area (Å²) in [6.07, 6.45) is 6.08. The van der Waals surface area contributed by atoms with Crippen LogP contribution in [0.1, 0.15) is 19.3 Å². The molecule has 1 atom stereocenters. The van der Waals surface area contributed by atoms with Crippen molar-refractivity contribution in [2.45, 2.75) is 19.3 Å². The van der Waals surface area contributed by atoms with E-state index in [0.717, 1.165) is 51.1 Å². The van der Waals surface area contributed by atoms with Crippen LogP contribution in [0.5, 0.6) is 0 Å². The standard InChI is InChI=1S/C19H25N7O2/c27-19(14-1-4-20-10-14)25-17-8-16(22-12-23-17)15-7-18(26-24-11-15)21-9-13-2-5-28-6-3-13/h7-8,11-14,20H,1-6,9-10H2,(H,21,26)(H,22,23,25,27)/t14-/m1/s1. The summed E-state index contributed by atoms with van der Waals surface area (Å²) in [5.41, 5.74) is 1.52. The summed E-state index contributed by atoms with van der Waals surface area (Å²) in [5.74, 6) is 1.77. The number of ether oxygens (including phenoxy) is 1. The van der Waals surface area contributed by atoms with Crippen LogP contribution in [0.15, 0.2) is 24.7 Å². The third kappa shape index (κ3) is 4.79. The number of rotatable bonds is 6. The second kappa shape index (κ2) is 9.03. The summed E-state index contributed by atoms with van der Waals surface area (Å²) in [5, 5.41) is 17.7. The summed E-state index contributed by atoms with van der Waals surface area (Å²) < 4.78 is 5.40. The molecule has 3 N–H and O–H groups in total. The summed E-state index contributed by atoms with van der Waals surface area (Å²) in [4.78, 5) is 20.8. The Labute approximate surface area is 163 Å². The van der Waals surface area contributed by atoms with Crippen LogP contribution in [-0.4, -0.2) is 58.9 Å². The van der Waals surface area contributed by atoms with Gasteiger partial charge < -0.3 is 20.7 Å². The Morgan fingerprint density at radius 3 is 2.89 bits per heavy atom. The molecule has 9 nitrogen and oxygen atoms in total. The SMILES string of the molecule is O=C(Nc1cc(-c2cnnc(NCC3CCOCC3)c2)ncn1)[C@@H]1CCNC1. The molecule has 2 aliphatic heterocycles. The van der Waals surface area contributed by atoms with Crippen molar-refractivity contribution in [1.29, 1.82) is 0 Å². The predicted octanol–water partition coefficient (Wildman–Crippen LogP) is 1.32. The van der Waals surface area contributed by atoms with Gasteiger partial charge in [0.1, 0.15) is 18.0 Å². The topological polar surface area (TPSA) is 114 Å². The first-order valence-electron chi connectivity index (χ1n) is 9.76. The van der Waals surface area contributed by atoms with Crippen molar-refractivity contribution in [3.8, 4) is 11.3 Å². The first-order chi connectivity index (χ1) is 13.8. The van der Waals surface area contributed by atoms with Crippen LogP contribution in [0.2, 0.25) is 0 Å². The quantitative estimate of drug-likeness (QED) is 0.684. The molecule has 0 saturated carbocycles. The fourth-order valence-corrected chi connectivity index (χ4v) is 3.48. The highest BCUT2D eigenvalue weighted by molar-refractivity contribution is 5.92. The second-order valence-corrected chi connectivity index (χ2v) is 7.23. The maximum Gasteiger partial charge on any atom is 0.229 e. The fraction of sp³-hybridized carbons (Fsp3) is 0.526. The van der Waals surface area contributed by atoms with Gasteiger partial charge >= 0.3 is 0 Å². The smallest absolute Gasteiger partial charge is 0.229 e. The number of carbonyl (C=O) groups is 1. The molecule has 0 unspecified atom stereocenters. The molecule has 0 spiro atoms. The van der Waals surface area contributed by atoms with Gasteiger partial charge in [0.05, 0.1) is 17.8 Å². The Hall–Kier alpha value is -2.65. The monoisotopic (exact) mass is 383 g/mol. The molecule has 0 bridgehead atoms. The van der Waals surface area contributed by atoms with Crippen LogP contribution >= 0.6 is 0 Å². The maximum atomic E-state index is 12.3. The van der Waals surface area contributed by atoms with Gasteiger partial charge in [-0.1, -0.05) is 0 Å². The zero-order valence-corrected chi connectivity index (χ0v) is 15.7. The van der Waals surface area contributed by atoms with E-state index in [1.54, 1.807) is 12.3 Å². The van der Waals surface area contributed by atoms with E-state index in [1.165, 1.54) is 6.33 Å². The number of carbonyl (C=O) groups excluding carboxylic acids is 1. The molecule has 0 aliphatic carbocycles. The van der Waals surface area contributed by atoms with Crippen molar-refractivity contribution in [2.24, 2.45) is 11.8 Å². The van der Waals surface area contributed by atoms with Gasteiger partial charge in [-0.2, -0.15) is 5.10 Å². The largest absolute Gasteiger partial charge is 0.381 e. The fourth-order valence-electron chi connectivity index (χ4n) is 3.48. The third-order valence-electron chi connectivity index (χ3n) is 5.21. The number of aromatic nitrogens is 4. The number of amides is 1. The number of anilines is 2. The van der Waals surface area contributed by atoms with Crippen molar-refractivity contribution in [1.82, 2.24) is 25.5 Å². The lowest BCUT2D eigenvalue weighted by atomic mass is 10.0. The van der Waals surface area contributed by atoms with Crippen molar-refractivity contribution >= 4 is 17.5 Å². The van der Waals surface area contributed by atoms with Crippen molar-refractivity contribution in [3.05, 3.63) is 24.7 Å². The molecule has 2 aromatic rings. The van der Waals surface area contributed by atoms with Gasteiger partial charge in [-0.25, -0.2) is 9.97 Å². The molecular formula is C19H25N7O2. The van der Waals surface area contributed by atoms with Crippen LogP contribution in [0.3, 0.4) is 0 Å². The van der Waals surface area contributed by atoms with E-state index >= 15 is 0 Å². The van der Waals surface area contributed by atoms with Crippen LogP contribution in [0, 0.1) is 11.8 Å². The molecule has 2 aliphatic rings. The lowest BCUT2D eigenvalue weighted by molar-refractivity contribution is -0.119. The van der Waals surface area contributed by atoms with E-state index in [0.29, 0.717) is 29.8 Å². The number of hydrogen-bond donors (Lipinski definition) is 3. The van der Waals surface area contributed by atoms with Crippen LogP contribution < -0.4 is 16.0 Å². The Bertz CT molecular complexity index is 804. The molecule has 1 amide bonds. The number of nitrogens with zero attached hydrogens (tertiary/aromatic N) is 4. The minimum absolute atomic E-state index is 0.0120. The van der Waals surface area contributed by atoms with Crippen LogP contribution in [0.4, 0.5) is 11.6 Å². The van der Waals surface area contributed by atoms with Crippen molar-refractivity contribution in [3.63, 3.8) is 0 Å². The predicted molar refractivity (Wildman–Crippen MR) is 105 cm³/mol. The number of hydrogen-bond acceptors (Lipinski definition) is 8. The lowest BCUT2D eigenvalue weighted by Crippen LogP contribution is -2.25. The van der Waals surface area contributed by atoms with E-state index in [4.69, 9.17) is 4.74 Å². The number of nitrogens with one attached hydrogen (secondary N) is 3. The zero-order valence-electron chi connectivity index (χ0n) is 15.7. The summed E-state index contributed by atoms with van der Waals surface area (Å²) in [6, 6.07) is 3.68. The molecular weight excluding hydrogens is 358 g/mol. The Kier molecular flexibility index (Phi) is 6.03. The van der Waals surface area contributed by atoms with Crippen LogP contribution in [-0.2, 0) is 9.53 Å². The third-order valence-corrected chi connectivity index (χ3v) is 5.21. The molecule has 4 heterocycles. The Balaban J connectivity index is 1.41. The Morgan fingerprint density at radius 1 is 1.18 bits per heavy atom.